The quantitative estimate of drug-likeness (QED) is 0.888. The van der Waals surface area contributed by atoms with Crippen LogP contribution in [0, 0.1) is 0 Å². The van der Waals surface area contributed by atoms with Crippen LogP contribution in [0.1, 0.15) is 60.4 Å². The SMILES string of the molecule is CNC(=O)CC1(O)CCCN(C(=O)c2cccc(C3CCC3)c2)C1. The number of likely N-dealkylation sites (tertiary alicyclic amines) is 1. The minimum atomic E-state index is -1.13. The summed E-state index contributed by atoms with van der Waals surface area (Å²) in [5.74, 6) is 0.342. The second-order valence-corrected chi connectivity index (χ2v) is 7.16. The number of hydrogen-bond donors (Lipinski definition) is 2. The summed E-state index contributed by atoms with van der Waals surface area (Å²) >= 11 is 0. The Morgan fingerprint density at radius 1 is 1.33 bits per heavy atom. The van der Waals surface area contributed by atoms with Gasteiger partial charge in [-0.2, -0.15) is 0 Å². The summed E-state index contributed by atoms with van der Waals surface area (Å²) < 4.78 is 0. The topological polar surface area (TPSA) is 69.6 Å². The highest BCUT2D eigenvalue weighted by Gasteiger charge is 2.37. The molecule has 1 heterocycles. The Hall–Kier alpha value is -1.88. The summed E-state index contributed by atoms with van der Waals surface area (Å²) in [4.78, 5) is 26.1. The van der Waals surface area contributed by atoms with Crippen molar-refractivity contribution in [2.24, 2.45) is 0 Å². The summed E-state index contributed by atoms with van der Waals surface area (Å²) in [6, 6.07) is 7.88. The van der Waals surface area contributed by atoms with Gasteiger partial charge in [0.2, 0.25) is 5.91 Å². The Kier molecular flexibility index (Phi) is 4.90. The van der Waals surface area contributed by atoms with Crippen molar-refractivity contribution in [1.82, 2.24) is 10.2 Å². The van der Waals surface area contributed by atoms with Gasteiger partial charge in [-0.05, 0) is 49.3 Å². The maximum Gasteiger partial charge on any atom is 0.253 e. The molecule has 3 rings (SSSR count). The van der Waals surface area contributed by atoms with Gasteiger partial charge in [0.25, 0.3) is 5.91 Å². The largest absolute Gasteiger partial charge is 0.388 e. The van der Waals surface area contributed by atoms with Gasteiger partial charge in [0.1, 0.15) is 0 Å². The molecule has 1 atom stereocenters. The molecule has 130 valence electrons. The molecule has 1 aromatic rings. The van der Waals surface area contributed by atoms with Gasteiger partial charge in [-0.25, -0.2) is 0 Å². The normalized spacial score (nSPS) is 24.3. The van der Waals surface area contributed by atoms with Crippen LogP contribution in [0.2, 0.25) is 0 Å². The van der Waals surface area contributed by atoms with Crippen LogP contribution in [0.5, 0.6) is 0 Å². The molecule has 2 aliphatic rings. The molecule has 2 fully saturated rings. The van der Waals surface area contributed by atoms with Crippen LogP contribution in [0.25, 0.3) is 0 Å². The molecule has 1 unspecified atom stereocenters. The van der Waals surface area contributed by atoms with Crippen molar-refractivity contribution in [2.45, 2.75) is 50.0 Å². The lowest BCUT2D eigenvalue weighted by atomic mass is 9.79. The molecule has 1 aromatic carbocycles. The average Bonchev–Trinajstić information content (AvgIpc) is 2.52. The number of amides is 2. The fraction of sp³-hybridized carbons (Fsp3) is 0.579. The highest BCUT2D eigenvalue weighted by molar-refractivity contribution is 5.94. The van der Waals surface area contributed by atoms with Crippen LogP contribution in [-0.4, -0.2) is 47.6 Å². The summed E-state index contributed by atoms with van der Waals surface area (Å²) in [6.45, 7) is 0.843. The molecule has 2 amide bonds. The second kappa shape index (κ2) is 6.93. The second-order valence-electron chi connectivity index (χ2n) is 7.16. The zero-order chi connectivity index (χ0) is 17.2. The first-order valence-corrected chi connectivity index (χ1v) is 8.83. The summed E-state index contributed by atoms with van der Waals surface area (Å²) in [5.41, 5.74) is 0.799. The van der Waals surface area contributed by atoms with Crippen LogP contribution in [-0.2, 0) is 4.79 Å². The Morgan fingerprint density at radius 3 is 2.79 bits per heavy atom. The predicted octanol–water partition coefficient (Wildman–Crippen LogP) is 2.06. The predicted molar refractivity (Wildman–Crippen MR) is 91.8 cm³/mol. The maximum atomic E-state index is 12.8. The number of β-amino-alcohol motifs (C(OH)–C–C–N with tert-alkyl or cyclic N) is 1. The molecular formula is C19H26N2O3. The maximum absolute atomic E-state index is 12.8. The summed E-state index contributed by atoms with van der Waals surface area (Å²) in [7, 11) is 1.56. The van der Waals surface area contributed by atoms with E-state index in [-0.39, 0.29) is 24.8 Å². The van der Waals surface area contributed by atoms with Crippen molar-refractivity contribution >= 4 is 11.8 Å². The van der Waals surface area contributed by atoms with Gasteiger partial charge >= 0.3 is 0 Å². The van der Waals surface area contributed by atoms with Crippen LogP contribution in [0.15, 0.2) is 24.3 Å². The van der Waals surface area contributed by atoms with Gasteiger partial charge in [-0.3, -0.25) is 9.59 Å². The number of rotatable bonds is 4. The minimum Gasteiger partial charge on any atom is -0.388 e. The standard InChI is InChI=1S/C19H26N2O3/c1-20-17(22)12-19(24)9-4-10-21(13-19)18(23)16-8-3-7-15(11-16)14-5-2-6-14/h3,7-8,11,14,24H,2,4-6,9-10,12-13H2,1H3,(H,20,22). The molecule has 2 N–H and O–H groups in total. The first-order chi connectivity index (χ1) is 11.5. The number of nitrogens with zero attached hydrogens (tertiary/aromatic N) is 1. The molecule has 24 heavy (non-hydrogen) atoms. The Bertz CT molecular complexity index is 627. The van der Waals surface area contributed by atoms with Crippen molar-refractivity contribution in [3.63, 3.8) is 0 Å². The number of carbonyl (C=O) groups excluding carboxylic acids is 2. The molecular weight excluding hydrogens is 304 g/mol. The molecule has 0 radical (unpaired) electrons. The van der Waals surface area contributed by atoms with Gasteiger partial charge in [-0.15, -0.1) is 0 Å². The first-order valence-electron chi connectivity index (χ1n) is 8.83. The van der Waals surface area contributed by atoms with Crippen LogP contribution in [0.4, 0.5) is 0 Å². The van der Waals surface area contributed by atoms with E-state index in [0.29, 0.717) is 30.9 Å². The highest BCUT2D eigenvalue weighted by Crippen LogP contribution is 2.36. The third-order valence-corrected chi connectivity index (χ3v) is 5.32. The molecule has 0 bridgehead atoms. The molecule has 1 aliphatic heterocycles. The molecule has 1 aliphatic carbocycles. The van der Waals surface area contributed by atoms with E-state index in [4.69, 9.17) is 0 Å². The van der Waals surface area contributed by atoms with Crippen molar-refractivity contribution in [3.05, 3.63) is 35.4 Å². The monoisotopic (exact) mass is 330 g/mol. The Morgan fingerprint density at radius 2 is 2.12 bits per heavy atom. The lowest BCUT2D eigenvalue weighted by Crippen LogP contribution is -2.52. The van der Waals surface area contributed by atoms with Crippen molar-refractivity contribution in [2.75, 3.05) is 20.1 Å². The number of hydrogen-bond acceptors (Lipinski definition) is 3. The highest BCUT2D eigenvalue weighted by atomic mass is 16.3. The third-order valence-electron chi connectivity index (χ3n) is 5.32. The van der Waals surface area contributed by atoms with E-state index >= 15 is 0 Å². The number of piperidine rings is 1. The summed E-state index contributed by atoms with van der Waals surface area (Å²) in [6.07, 6.45) is 4.96. The molecule has 1 saturated heterocycles. The van der Waals surface area contributed by atoms with Crippen molar-refractivity contribution in [1.29, 1.82) is 0 Å². The van der Waals surface area contributed by atoms with E-state index in [9.17, 15) is 14.7 Å². The molecule has 5 nitrogen and oxygen atoms in total. The van der Waals surface area contributed by atoms with E-state index < -0.39 is 5.60 Å². The zero-order valence-corrected chi connectivity index (χ0v) is 14.3. The third kappa shape index (κ3) is 3.61. The lowest BCUT2D eigenvalue weighted by molar-refractivity contribution is -0.127. The fourth-order valence-corrected chi connectivity index (χ4v) is 3.67. The molecule has 0 spiro atoms. The number of carbonyl (C=O) groups is 2. The molecule has 0 aromatic heterocycles. The first kappa shape index (κ1) is 17.0. The van der Waals surface area contributed by atoms with Gasteiger partial charge in [0.05, 0.1) is 18.6 Å². The summed E-state index contributed by atoms with van der Waals surface area (Å²) in [5, 5.41) is 13.2. The molecule has 5 heteroatoms. The van der Waals surface area contributed by atoms with Gasteiger partial charge in [0, 0.05) is 19.2 Å². The smallest absolute Gasteiger partial charge is 0.253 e. The van der Waals surface area contributed by atoms with Gasteiger partial charge < -0.3 is 15.3 Å². The Balaban J connectivity index is 1.71. The zero-order valence-electron chi connectivity index (χ0n) is 14.3. The van der Waals surface area contributed by atoms with Crippen LogP contribution in [0.3, 0.4) is 0 Å². The van der Waals surface area contributed by atoms with Crippen LogP contribution < -0.4 is 5.32 Å². The number of benzene rings is 1. The minimum absolute atomic E-state index is 0.0371. The van der Waals surface area contributed by atoms with Gasteiger partial charge in [0.15, 0.2) is 0 Å². The molecule has 1 saturated carbocycles. The van der Waals surface area contributed by atoms with E-state index in [1.807, 2.05) is 18.2 Å². The van der Waals surface area contributed by atoms with Gasteiger partial charge in [-0.1, -0.05) is 18.6 Å². The fourth-order valence-electron chi connectivity index (χ4n) is 3.67. The average molecular weight is 330 g/mol. The lowest BCUT2D eigenvalue weighted by Gasteiger charge is -2.39. The number of aliphatic hydroxyl groups is 1. The van der Waals surface area contributed by atoms with Crippen LogP contribution >= 0.6 is 0 Å². The van der Waals surface area contributed by atoms with E-state index in [0.717, 1.165) is 0 Å². The Labute approximate surface area is 143 Å². The number of nitrogens with one attached hydrogen (secondary N) is 1. The van der Waals surface area contributed by atoms with Crippen molar-refractivity contribution in [3.8, 4) is 0 Å². The van der Waals surface area contributed by atoms with E-state index in [1.165, 1.54) is 24.8 Å². The van der Waals surface area contributed by atoms with E-state index in [1.54, 1.807) is 11.9 Å². The van der Waals surface area contributed by atoms with Crippen molar-refractivity contribution < 1.29 is 14.7 Å². The van der Waals surface area contributed by atoms with E-state index in [2.05, 4.69) is 11.4 Å².